The van der Waals surface area contributed by atoms with Crippen LogP contribution < -0.4 is 10.6 Å². The zero-order chi connectivity index (χ0) is 15.0. The average molecular weight is 282 g/mol. The molecular weight excluding hydrogens is 252 g/mol. The molecule has 2 amide bonds. The topological polar surface area (TPSA) is 58.2 Å². The van der Waals surface area contributed by atoms with Gasteiger partial charge in [-0.25, -0.2) is 0 Å². The highest BCUT2D eigenvalue weighted by molar-refractivity contribution is 5.87. The minimum atomic E-state index is -0.443. The van der Waals surface area contributed by atoms with Gasteiger partial charge in [0.25, 0.3) is 0 Å². The molecule has 116 valence electrons. The normalized spacial score (nSPS) is 16.8. The summed E-state index contributed by atoms with van der Waals surface area (Å²) in [7, 11) is 0. The number of carbonyl (C=O) groups excluding carboxylic acids is 2. The summed E-state index contributed by atoms with van der Waals surface area (Å²) in [5.41, 5.74) is -0.443. The van der Waals surface area contributed by atoms with Crippen LogP contribution in [0.3, 0.4) is 0 Å². The molecule has 0 heterocycles. The summed E-state index contributed by atoms with van der Waals surface area (Å²) in [6.45, 7) is 6.32. The van der Waals surface area contributed by atoms with Gasteiger partial charge in [-0.3, -0.25) is 9.59 Å². The second-order valence-electron chi connectivity index (χ2n) is 6.93. The van der Waals surface area contributed by atoms with E-state index in [4.69, 9.17) is 0 Å². The van der Waals surface area contributed by atoms with Crippen LogP contribution in [0, 0.1) is 11.3 Å². The maximum absolute atomic E-state index is 11.6. The maximum atomic E-state index is 11.6. The predicted octanol–water partition coefficient (Wildman–Crippen LogP) is 2.63. The van der Waals surface area contributed by atoms with E-state index in [-0.39, 0.29) is 18.4 Å². The van der Waals surface area contributed by atoms with Crippen molar-refractivity contribution < 1.29 is 9.59 Å². The molecule has 0 radical (unpaired) electrons. The van der Waals surface area contributed by atoms with Gasteiger partial charge in [0.15, 0.2) is 0 Å². The number of amides is 2. The molecule has 4 heteroatoms. The average Bonchev–Trinajstić information content (AvgIpc) is 2.41. The molecule has 20 heavy (non-hydrogen) atoms. The smallest absolute Gasteiger partial charge is 0.239 e. The van der Waals surface area contributed by atoms with E-state index in [1.165, 1.54) is 38.5 Å². The molecule has 0 aliphatic heterocycles. The van der Waals surface area contributed by atoms with Crippen LogP contribution in [-0.2, 0) is 9.59 Å². The van der Waals surface area contributed by atoms with Crippen LogP contribution in [0.2, 0.25) is 0 Å². The molecule has 2 N–H and O–H groups in total. The molecule has 0 aromatic rings. The molecule has 0 saturated heterocycles. The molecule has 1 aliphatic carbocycles. The van der Waals surface area contributed by atoms with E-state index in [0.717, 1.165) is 18.9 Å². The van der Waals surface area contributed by atoms with Crippen molar-refractivity contribution in [3.63, 3.8) is 0 Å². The lowest BCUT2D eigenvalue weighted by molar-refractivity contribution is -0.131. The molecule has 0 spiro atoms. The lowest BCUT2D eigenvalue weighted by Crippen LogP contribution is -2.41. The summed E-state index contributed by atoms with van der Waals surface area (Å²) in [5.74, 6) is 0.683. The van der Waals surface area contributed by atoms with Crippen molar-refractivity contribution in [1.82, 2.24) is 10.6 Å². The predicted molar refractivity (Wildman–Crippen MR) is 81.3 cm³/mol. The fourth-order valence-electron chi connectivity index (χ4n) is 2.58. The van der Waals surface area contributed by atoms with Gasteiger partial charge < -0.3 is 10.6 Å². The summed E-state index contributed by atoms with van der Waals surface area (Å²) in [5, 5.41) is 5.54. The van der Waals surface area contributed by atoms with E-state index in [9.17, 15) is 9.59 Å². The first-order chi connectivity index (χ1) is 9.39. The Morgan fingerprint density at radius 2 is 1.70 bits per heavy atom. The Morgan fingerprint density at radius 3 is 2.30 bits per heavy atom. The SMILES string of the molecule is CC(C)(C)C(=O)NCC(=O)NCCCC1CCCCC1. The minimum Gasteiger partial charge on any atom is -0.355 e. The largest absolute Gasteiger partial charge is 0.355 e. The van der Waals surface area contributed by atoms with Crippen molar-refractivity contribution in [2.75, 3.05) is 13.1 Å². The number of hydrogen-bond donors (Lipinski definition) is 2. The third kappa shape index (κ3) is 6.92. The maximum Gasteiger partial charge on any atom is 0.239 e. The molecule has 1 rings (SSSR count). The molecule has 0 atom stereocenters. The van der Waals surface area contributed by atoms with E-state index in [0.29, 0.717) is 0 Å². The van der Waals surface area contributed by atoms with Gasteiger partial charge in [-0.1, -0.05) is 52.9 Å². The van der Waals surface area contributed by atoms with Crippen LogP contribution >= 0.6 is 0 Å². The first-order valence-corrected chi connectivity index (χ1v) is 7.94. The van der Waals surface area contributed by atoms with Crippen molar-refractivity contribution in [1.29, 1.82) is 0 Å². The van der Waals surface area contributed by atoms with Gasteiger partial charge >= 0.3 is 0 Å². The van der Waals surface area contributed by atoms with Crippen LogP contribution in [0.1, 0.15) is 65.7 Å². The molecular formula is C16H30N2O2. The van der Waals surface area contributed by atoms with Crippen LogP contribution in [0.25, 0.3) is 0 Å². The summed E-state index contributed by atoms with van der Waals surface area (Å²) in [6, 6.07) is 0. The van der Waals surface area contributed by atoms with Crippen molar-refractivity contribution in [2.45, 2.75) is 65.7 Å². The van der Waals surface area contributed by atoms with Crippen LogP contribution in [-0.4, -0.2) is 24.9 Å². The van der Waals surface area contributed by atoms with Gasteiger partial charge in [-0.2, -0.15) is 0 Å². The second-order valence-corrected chi connectivity index (χ2v) is 6.93. The van der Waals surface area contributed by atoms with Crippen molar-refractivity contribution in [2.24, 2.45) is 11.3 Å². The first-order valence-electron chi connectivity index (χ1n) is 7.94. The van der Waals surface area contributed by atoms with Gasteiger partial charge in [0, 0.05) is 12.0 Å². The molecule has 1 aliphatic rings. The zero-order valence-electron chi connectivity index (χ0n) is 13.3. The molecule has 0 bridgehead atoms. The van der Waals surface area contributed by atoms with Crippen LogP contribution in [0.5, 0.6) is 0 Å². The van der Waals surface area contributed by atoms with Gasteiger partial charge in [-0.05, 0) is 18.8 Å². The highest BCUT2D eigenvalue weighted by Crippen LogP contribution is 2.26. The highest BCUT2D eigenvalue weighted by Gasteiger charge is 2.21. The van der Waals surface area contributed by atoms with E-state index in [1.807, 2.05) is 20.8 Å². The lowest BCUT2D eigenvalue weighted by Gasteiger charge is -2.21. The van der Waals surface area contributed by atoms with Gasteiger partial charge in [-0.15, -0.1) is 0 Å². The van der Waals surface area contributed by atoms with Crippen molar-refractivity contribution in [3.8, 4) is 0 Å². The Morgan fingerprint density at radius 1 is 1.05 bits per heavy atom. The Labute approximate surface area is 123 Å². The first kappa shape index (κ1) is 17.0. The Balaban J connectivity index is 2.04. The standard InChI is InChI=1S/C16H30N2O2/c1-16(2,3)15(20)18-12-14(19)17-11-7-10-13-8-5-4-6-9-13/h13H,4-12H2,1-3H3,(H,17,19)(H,18,20). The number of rotatable bonds is 6. The zero-order valence-corrected chi connectivity index (χ0v) is 13.3. The quantitative estimate of drug-likeness (QED) is 0.736. The summed E-state index contributed by atoms with van der Waals surface area (Å²) in [4.78, 5) is 23.2. The summed E-state index contributed by atoms with van der Waals surface area (Å²) < 4.78 is 0. The van der Waals surface area contributed by atoms with Gasteiger partial charge in [0.1, 0.15) is 0 Å². The molecule has 0 aromatic carbocycles. The van der Waals surface area contributed by atoms with Crippen LogP contribution in [0.15, 0.2) is 0 Å². The fraction of sp³-hybridized carbons (Fsp3) is 0.875. The molecule has 1 saturated carbocycles. The number of hydrogen-bond acceptors (Lipinski definition) is 2. The Kier molecular flexibility index (Phi) is 7.03. The molecule has 1 fully saturated rings. The number of carbonyl (C=O) groups is 2. The van der Waals surface area contributed by atoms with Crippen LogP contribution in [0.4, 0.5) is 0 Å². The van der Waals surface area contributed by atoms with Gasteiger partial charge in [0.05, 0.1) is 6.54 Å². The lowest BCUT2D eigenvalue weighted by atomic mass is 9.86. The fourth-order valence-corrected chi connectivity index (χ4v) is 2.58. The Hall–Kier alpha value is -1.06. The molecule has 4 nitrogen and oxygen atoms in total. The monoisotopic (exact) mass is 282 g/mol. The summed E-state index contributed by atoms with van der Waals surface area (Å²) in [6.07, 6.45) is 9.11. The van der Waals surface area contributed by atoms with E-state index in [1.54, 1.807) is 0 Å². The Bertz CT molecular complexity index is 315. The minimum absolute atomic E-state index is 0.0829. The van der Waals surface area contributed by atoms with Gasteiger partial charge in [0.2, 0.25) is 11.8 Å². The van der Waals surface area contributed by atoms with E-state index in [2.05, 4.69) is 10.6 Å². The number of nitrogens with one attached hydrogen (secondary N) is 2. The summed E-state index contributed by atoms with van der Waals surface area (Å²) >= 11 is 0. The van der Waals surface area contributed by atoms with Crippen molar-refractivity contribution in [3.05, 3.63) is 0 Å². The third-order valence-corrected chi connectivity index (χ3v) is 3.93. The van der Waals surface area contributed by atoms with Crippen molar-refractivity contribution >= 4 is 11.8 Å². The molecule has 0 aromatic heterocycles. The molecule has 0 unspecified atom stereocenters. The third-order valence-electron chi connectivity index (χ3n) is 3.93. The van der Waals surface area contributed by atoms with E-state index >= 15 is 0 Å². The van der Waals surface area contributed by atoms with E-state index < -0.39 is 5.41 Å². The second kappa shape index (κ2) is 8.28. The highest BCUT2D eigenvalue weighted by atomic mass is 16.2.